The molecule has 0 atom stereocenters. The van der Waals surface area contributed by atoms with E-state index in [1.807, 2.05) is 6.07 Å². The topological polar surface area (TPSA) is 75.6 Å². The molecule has 1 aromatic carbocycles. The maximum Gasteiger partial charge on any atom is 0.306 e. The number of carbonyl (C=O) groups excluding carboxylic acids is 1. The van der Waals surface area contributed by atoms with Crippen LogP contribution in [0.15, 0.2) is 18.2 Å². The molecule has 1 heterocycles. The molecule has 0 bridgehead atoms. The number of carbonyl (C=O) groups is 2. The molecule has 1 aromatic rings. The van der Waals surface area contributed by atoms with Gasteiger partial charge in [-0.15, -0.1) is 0 Å². The molecular formula is C12H13NO4. The third kappa shape index (κ3) is 2.96. The number of nitrogens with one attached hydrogen (secondary N) is 1. The van der Waals surface area contributed by atoms with Crippen LogP contribution in [-0.2, 0) is 16.0 Å². The monoisotopic (exact) mass is 235 g/mol. The van der Waals surface area contributed by atoms with Crippen LogP contribution in [0.3, 0.4) is 0 Å². The zero-order valence-electron chi connectivity index (χ0n) is 9.23. The minimum Gasteiger partial charge on any atom is -0.493 e. The lowest BCUT2D eigenvalue weighted by molar-refractivity contribution is -0.137. The molecule has 5 heteroatoms. The van der Waals surface area contributed by atoms with Gasteiger partial charge in [-0.3, -0.25) is 9.59 Å². The van der Waals surface area contributed by atoms with Crippen molar-refractivity contribution in [2.24, 2.45) is 0 Å². The number of aryl methyl sites for hydroxylation is 1. The average molecular weight is 235 g/mol. The van der Waals surface area contributed by atoms with Crippen molar-refractivity contribution < 1.29 is 19.4 Å². The summed E-state index contributed by atoms with van der Waals surface area (Å²) in [7, 11) is 0. The average Bonchev–Trinajstić information content (AvgIpc) is 2.28. The lowest BCUT2D eigenvalue weighted by atomic mass is 10.0. The van der Waals surface area contributed by atoms with Crippen LogP contribution in [0.25, 0.3) is 0 Å². The summed E-state index contributed by atoms with van der Waals surface area (Å²) in [4.78, 5) is 21.5. The van der Waals surface area contributed by atoms with Crippen LogP contribution in [0.4, 0.5) is 5.69 Å². The molecule has 0 fully saturated rings. The molecule has 0 unspecified atom stereocenters. The van der Waals surface area contributed by atoms with Crippen LogP contribution >= 0.6 is 0 Å². The van der Waals surface area contributed by atoms with Gasteiger partial charge in [0.05, 0.1) is 13.0 Å². The molecule has 0 spiro atoms. The molecule has 0 saturated carbocycles. The Morgan fingerprint density at radius 1 is 1.41 bits per heavy atom. The molecule has 2 rings (SSSR count). The first-order chi connectivity index (χ1) is 8.15. The number of hydrogen-bond donors (Lipinski definition) is 2. The van der Waals surface area contributed by atoms with E-state index in [0.717, 1.165) is 17.7 Å². The van der Waals surface area contributed by atoms with E-state index in [-0.39, 0.29) is 18.9 Å². The summed E-state index contributed by atoms with van der Waals surface area (Å²) in [5.41, 5.74) is 1.84. The van der Waals surface area contributed by atoms with Crippen LogP contribution in [0.1, 0.15) is 18.4 Å². The van der Waals surface area contributed by atoms with E-state index in [1.165, 1.54) is 0 Å². The van der Waals surface area contributed by atoms with Crippen molar-refractivity contribution in [3.63, 3.8) is 0 Å². The van der Waals surface area contributed by atoms with E-state index in [0.29, 0.717) is 12.2 Å². The Morgan fingerprint density at radius 3 is 3.00 bits per heavy atom. The van der Waals surface area contributed by atoms with Crippen molar-refractivity contribution in [2.75, 3.05) is 11.9 Å². The van der Waals surface area contributed by atoms with Gasteiger partial charge in [-0.25, -0.2) is 0 Å². The summed E-state index contributed by atoms with van der Waals surface area (Å²) >= 11 is 0. The molecule has 1 amide bonds. The zero-order chi connectivity index (χ0) is 12.3. The van der Waals surface area contributed by atoms with Gasteiger partial charge in [0, 0.05) is 18.2 Å². The van der Waals surface area contributed by atoms with E-state index in [4.69, 9.17) is 9.84 Å². The van der Waals surface area contributed by atoms with Crippen molar-refractivity contribution >= 4 is 17.6 Å². The Balaban J connectivity index is 2.02. The summed E-state index contributed by atoms with van der Waals surface area (Å²) in [5.74, 6) is -0.316. The molecule has 90 valence electrons. The molecule has 1 aliphatic rings. The van der Waals surface area contributed by atoms with Gasteiger partial charge in [0.2, 0.25) is 5.91 Å². The number of carboxylic acids is 1. The van der Waals surface area contributed by atoms with E-state index >= 15 is 0 Å². The van der Waals surface area contributed by atoms with Gasteiger partial charge in [-0.1, -0.05) is 6.07 Å². The maximum atomic E-state index is 11.2. The quantitative estimate of drug-likeness (QED) is 0.827. The number of rotatable bonds is 4. The third-order valence-corrected chi connectivity index (χ3v) is 2.56. The second kappa shape index (κ2) is 4.86. The second-order valence-electron chi connectivity index (χ2n) is 3.86. The highest BCUT2D eigenvalue weighted by molar-refractivity contribution is 5.94. The maximum absolute atomic E-state index is 11.2. The Labute approximate surface area is 98.4 Å². The Hall–Kier alpha value is -2.04. The van der Waals surface area contributed by atoms with Gasteiger partial charge in [-0.05, 0) is 18.1 Å². The van der Waals surface area contributed by atoms with Gasteiger partial charge < -0.3 is 15.2 Å². The summed E-state index contributed by atoms with van der Waals surface area (Å²) in [6.45, 7) is 0.127. The van der Waals surface area contributed by atoms with Crippen molar-refractivity contribution in [1.29, 1.82) is 0 Å². The van der Waals surface area contributed by atoms with Gasteiger partial charge in [0.15, 0.2) is 0 Å². The standard InChI is InChI=1S/C12H13NO4/c14-11-4-2-8-1-3-9(7-10(8)13-11)17-6-5-12(15)16/h1,3,7H,2,4-6H2,(H,13,14)(H,15,16). The van der Waals surface area contributed by atoms with E-state index in [2.05, 4.69) is 5.32 Å². The summed E-state index contributed by atoms with van der Waals surface area (Å²) in [6.07, 6.45) is 1.20. The first-order valence-electron chi connectivity index (χ1n) is 5.42. The zero-order valence-corrected chi connectivity index (χ0v) is 9.23. The van der Waals surface area contributed by atoms with E-state index < -0.39 is 5.97 Å². The normalized spacial score (nSPS) is 13.8. The number of aliphatic carboxylic acids is 1. The SMILES string of the molecule is O=C(O)CCOc1ccc2c(c1)NC(=O)CC2. The van der Waals surface area contributed by atoms with Gasteiger partial charge in [0.1, 0.15) is 5.75 Å². The molecule has 5 nitrogen and oxygen atoms in total. The first-order valence-corrected chi connectivity index (χ1v) is 5.42. The number of fused-ring (bicyclic) bond motifs is 1. The molecule has 0 saturated heterocycles. The van der Waals surface area contributed by atoms with Crippen LogP contribution < -0.4 is 10.1 Å². The summed E-state index contributed by atoms with van der Waals surface area (Å²) in [6, 6.07) is 5.41. The van der Waals surface area contributed by atoms with Crippen LogP contribution in [0.5, 0.6) is 5.75 Å². The molecule has 1 aliphatic heterocycles. The predicted molar refractivity (Wildman–Crippen MR) is 61.1 cm³/mol. The van der Waals surface area contributed by atoms with Crippen molar-refractivity contribution in [3.8, 4) is 5.75 Å². The van der Waals surface area contributed by atoms with Crippen molar-refractivity contribution in [2.45, 2.75) is 19.3 Å². The molecule has 0 radical (unpaired) electrons. The number of hydrogen-bond acceptors (Lipinski definition) is 3. The second-order valence-corrected chi connectivity index (χ2v) is 3.86. The van der Waals surface area contributed by atoms with Crippen molar-refractivity contribution in [1.82, 2.24) is 0 Å². The first kappa shape index (κ1) is 11.4. The minimum atomic E-state index is -0.892. The van der Waals surface area contributed by atoms with Gasteiger partial charge >= 0.3 is 5.97 Å². The van der Waals surface area contributed by atoms with Crippen LogP contribution in [0.2, 0.25) is 0 Å². The summed E-state index contributed by atoms with van der Waals surface area (Å²) in [5, 5.41) is 11.2. The number of carboxylic acid groups (broad SMARTS) is 1. The smallest absolute Gasteiger partial charge is 0.306 e. The number of amides is 1. The fourth-order valence-electron chi connectivity index (χ4n) is 1.70. The fraction of sp³-hybridized carbons (Fsp3) is 0.333. The molecule has 0 aliphatic carbocycles. The highest BCUT2D eigenvalue weighted by Gasteiger charge is 2.14. The Bertz CT molecular complexity index is 456. The number of benzene rings is 1. The number of ether oxygens (including phenoxy) is 1. The Morgan fingerprint density at radius 2 is 2.24 bits per heavy atom. The molecule has 0 aromatic heterocycles. The van der Waals surface area contributed by atoms with E-state index in [1.54, 1.807) is 12.1 Å². The molecule has 2 N–H and O–H groups in total. The molecule has 17 heavy (non-hydrogen) atoms. The Kier molecular flexibility index (Phi) is 3.27. The fourth-order valence-corrected chi connectivity index (χ4v) is 1.70. The summed E-state index contributed by atoms with van der Waals surface area (Å²) < 4.78 is 5.29. The van der Waals surface area contributed by atoms with E-state index in [9.17, 15) is 9.59 Å². The lowest BCUT2D eigenvalue weighted by Gasteiger charge is -2.17. The number of anilines is 1. The van der Waals surface area contributed by atoms with Crippen LogP contribution in [0, 0.1) is 0 Å². The third-order valence-electron chi connectivity index (χ3n) is 2.56. The minimum absolute atomic E-state index is 0.000172. The largest absolute Gasteiger partial charge is 0.493 e. The molecular weight excluding hydrogens is 222 g/mol. The lowest BCUT2D eigenvalue weighted by Crippen LogP contribution is -2.18. The highest BCUT2D eigenvalue weighted by atomic mass is 16.5. The highest BCUT2D eigenvalue weighted by Crippen LogP contribution is 2.27. The predicted octanol–water partition coefficient (Wildman–Crippen LogP) is 1.42. The van der Waals surface area contributed by atoms with Gasteiger partial charge in [-0.2, -0.15) is 0 Å². The van der Waals surface area contributed by atoms with Gasteiger partial charge in [0.25, 0.3) is 0 Å². The van der Waals surface area contributed by atoms with Crippen LogP contribution in [-0.4, -0.2) is 23.6 Å². The van der Waals surface area contributed by atoms with Crippen molar-refractivity contribution in [3.05, 3.63) is 23.8 Å².